The van der Waals surface area contributed by atoms with Crippen molar-refractivity contribution in [2.45, 2.75) is 12.8 Å². The Morgan fingerprint density at radius 3 is 2.57 bits per heavy atom. The lowest BCUT2D eigenvalue weighted by Crippen LogP contribution is -2.49. The maximum atomic E-state index is 12.6. The Kier molecular flexibility index (Phi) is 5.21. The van der Waals surface area contributed by atoms with Gasteiger partial charge in [0.05, 0.1) is 10.6 Å². The van der Waals surface area contributed by atoms with Crippen molar-refractivity contribution in [3.8, 4) is 0 Å². The van der Waals surface area contributed by atoms with Crippen LogP contribution in [0.25, 0.3) is 0 Å². The van der Waals surface area contributed by atoms with Crippen LogP contribution in [0.1, 0.15) is 23.2 Å². The summed E-state index contributed by atoms with van der Waals surface area (Å²) in [5.41, 5.74) is 0.832. The van der Waals surface area contributed by atoms with Crippen LogP contribution in [0.15, 0.2) is 18.2 Å². The van der Waals surface area contributed by atoms with Crippen molar-refractivity contribution in [1.29, 1.82) is 0 Å². The zero-order chi connectivity index (χ0) is 16.4. The van der Waals surface area contributed by atoms with E-state index in [0.29, 0.717) is 24.3 Å². The normalized spacial score (nSPS) is 20.3. The van der Waals surface area contributed by atoms with Crippen LogP contribution in [0.2, 0.25) is 5.02 Å². The fourth-order valence-corrected chi connectivity index (χ4v) is 3.41. The number of nitrogens with one attached hydrogen (secondary N) is 1. The number of nitrogens with zero attached hydrogens (tertiary/aromatic N) is 2. The van der Waals surface area contributed by atoms with Crippen LogP contribution in [0.3, 0.4) is 0 Å². The number of piperazine rings is 1. The Balaban J connectivity index is 1.60. The predicted molar refractivity (Wildman–Crippen MR) is 90.9 cm³/mol. The van der Waals surface area contributed by atoms with E-state index >= 15 is 0 Å². The van der Waals surface area contributed by atoms with Crippen molar-refractivity contribution in [2.75, 3.05) is 37.4 Å². The molecule has 1 unspecified atom stereocenters. The van der Waals surface area contributed by atoms with Crippen LogP contribution in [0, 0.1) is 5.92 Å². The molecule has 6 nitrogen and oxygen atoms in total. The van der Waals surface area contributed by atoms with Gasteiger partial charge in [-0.15, -0.1) is 0 Å². The molecule has 3 rings (SSSR count). The highest BCUT2D eigenvalue weighted by Crippen LogP contribution is 2.30. The quantitative estimate of drug-likeness (QED) is 0.791. The first-order valence-corrected chi connectivity index (χ1v) is 9.20. The van der Waals surface area contributed by atoms with Gasteiger partial charge in [0.15, 0.2) is 0 Å². The van der Waals surface area contributed by atoms with Crippen molar-refractivity contribution >= 4 is 34.5 Å². The van der Waals surface area contributed by atoms with Crippen LogP contribution in [-0.2, 0) is 11.3 Å². The van der Waals surface area contributed by atoms with Crippen molar-refractivity contribution in [2.24, 2.45) is 5.92 Å². The van der Waals surface area contributed by atoms with Gasteiger partial charge in [0.2, 0.25) is 0 Å². The second-order valence-corrected chi connectivity index (χ2v) is 7.19. The molecule has 126 valence electrons. The maximum Gasteiger partial charge on any atom is 0.259 e. The van der Waals surface area contributed by atoms with Crippen molar-refractivity contribution in [1.82, 2.24) is 9.80 Å². The summed E-state index contributed by atoms with van der Waals surface area (Å²) < 4.78 is 21.9. The third kappa shape index (κ3) is 4.44. The first-order valence-electron chi connectivity index (χ1n) is 7.71. The highest BCUT2D eigenvalue weighted by molar-refractivity contribution is 7.80. The first-order chi connectivity index (χ1) is 11.0. The number of anilines is 1. The van der Waals surface area contributed by atoms with Gasteiger partial charge in [-0.2, -0.15) is 0 Å². The molecule has 23 heavy (non-hydrogen) atoms. The third-order valence-corrected chi connectivity index (χ3v) is 5.00. The summed E-state index contributed by atoms with van der Waals surface area (Å²) in [6.07, 6.45) is 2.68. The highest BCUT2D eigenvalue weighted by Gasteiger charge is 2.28. The standard InChI is InChI=1S/C15H20ClN3O3S/c16-14-9-12(17-23(21)22)3-4-13(14)15(20)19-7-5-18(6-8-19)10-11-1-2-11/h3-4,9,11,17H,1-2,5-8,10H2,(H,21,22). The number of halogens is 1. The zero-order valence-corrected chi connectivity index (χ0v) is 14.3. The number of rotatable bonds is 5. The largest absolute Gasteiger partial charge is 0.336 e. The van der Waals surface area contributed by atoms with Gasteiger partial charge < -0.3 is 4.90 Å². The summed E-state index contributed by atoms with van der Waals surface area (Å²) in [5, 5.41) is 0.283. The lowest BCUT2D eigenvalue weighted by molar-refractivity contribution is 0.0632. The van der Waals surface area contributed by atoms with Crippen LogP contribution in [0.5, 0.6) is 0 Å². The first kappa shape index (κ1) is 16.7. The van der Waals surface area contributed by atoms with Gasteiger partial charge in [-0.05, 0) is 37.0 Å². The van der Waals surface area contributed by atoms with E-state index in [2.05, 4.69) is 9.62 Å². The molecule has 1 atom stereocenters. The van der Waals surface area contributed by atoms with Crippen molar-refractivity contribution in [3.05, 3.63) is 28.8 Å². The van der Waals surface area contributed by atoms with Gasteiger partial charge >= 0.3 is 0 Å². The molecule has 2 fully saturated rings. The monoisotopic (exact) mass is 357 g/mol. The summed E-state index contributed by atoms with van der Waals surface area (Å²) in [6, 6.07) is 4.67. The molecule has 2 N–H and O–H groups in total. The lowest BCUT2D eigenvalue weighted by atomic mass is 10.1. The molecule has 1 aliphatic heterocycles. The Bertz CT molecular complexity index is 616. The van der Waals surface area contributed by atoms with E-state index in [1.165, 1.54) is 18.9 Å². The van der Waals surface area contributed by atoms with Crippen LogP contribution in [0.4, 0.5) is 5.69 Å². The van der Waals surface area contributed by atoms with Gasteiger partial charge in [-0.1, -0.05) is 11.6 Å². The second kappa shape index (κ2) is 7.17. The van der Waals surface area contributed by atoms with E-state index in [1.807, 2.05) is 4.90 Å². The Morgan fingerprint density at radius 1 is 1.30 bits per heavy atom. The van der Waals surface area contributed by atoms with Gasteiger partial charge in [-0.3, -0.25) is 19.0 Å². The average molecular weight is 358 g/mol. The summed E-state index contributed by atoms with van der Waals surface area (Å²) >= 11 is 3.99. The molecule has 1 heterocycles. The van der Waals surface area contributed by atoms with Gasteiger partial charge in [0.25, 0.3) is 17.2 Å². The number of hydrogen-bond donors (Lipinski definition) is 2. The second-order valence-electron chi connectivity index (χ2n) is 6.08. The SMILES string of the molecule is O=C(c1ccc(NS(=O)O)cc1Cl)N1CCN(CC2CC2)CC1. The zero-order valence-electron chi connectivity index (χ0n) is 12.7. The molecule has 2 aliphatic rings. The van der Waals surface area contributed by atoms with E-state index in [0.717, 1.165) is 25.6 Å². The molecule has 0 bridgehead atoms. The van der Waals surface area contributed by atoms with Gasteiger partial charge in [0, 0.05) is 38.4 Å². The molecule has 1 saturated heterocycles. The summed E-state index contributed by atoms with van der Waals surface area (Å²) in [5.74, 6) is 0.779. The number of carbonyl (C=O) groups is 1. The minimum absolute atomic E-state index is 0.0854. The van der Waals surface area contributed by atoms with Crippen LogP contribution >= 0.6 is 11.6 Å². The molecule has 1 amide bonds. The van der Waals surface area contributed by atoms with Crippen molar-refractivity contribution in [3.63, 3.8) is 0 Å². The highest BCUT2D eigenvalue weighted by atomic mass is 35.5. The Labute approximate surface area is 143 Å². The molecule has 0 radical (unpaired) electrons. The summed E-state index contributed by atoms with van der Waals surface area (Å²) in [6.45, 7) is 4.39. The Morgan fingerprint density at radius 2 is 2.00 bits per heavy atom. The molecular weight excluding hydrogens is 338 g/mol. The smallest absolute Gasteiger partial charge is 0.259 e. The van der Waals surface area contributed by atoms with E-state index in [-0.39, 0.29) is 10.9 Å². The lowest BCUT2D eigenvalue weighted by Gasteiger charge is -2.35. The van der Waals surface area contributed by atoms with E-state index in [9.17, 15) is 9.00 Å². The molecule has 0 aromatic heterocycles. The molecule has 1 aromatic rings. The molecule has 1 aliphatic carbocycles. The third-order valence-electron chi connectivity index (χ3n) is 4.28. The fourth-order valence-electron chi connectivity index (χ4n) is 2.82. The number of benzene rings is 1. The fraction of sp³-hybridized carbons (Fsp3) is 0.533. The number of hydrogen-bond acceptors (Lipinski definition) is 3. The number of amides is 1. The topological polar surface area (TPSA) is 72.9 Å². The van der Waals surface area contributed by atoms with Crippen molar-refractivity contribution < 1.29 is 13.6 Å². The molecule has 0 spiro atoms. The van der Waals surface area contributed by atoms with E-state index < -0.39 is 11.3 Å². The Hall–Kier alpha value is -1.15. The van der Waals surface area contributed by atoms with E-state index in [1.54, 1.807) is 12.1 Å². The minimum Gasteiger partial charge on any atom is -0.336 e. The van der Waals surface area contributed by atoms with Crippen LogP contribution < -0.4 is 4.72 Å². The van der Waals surface area contributed by atoms with Gasteiger partial charge in [-0.25, -0.2) is 4.21 Å². The van der Waals surface area contributed by atoms with Gasteiger partial charge in [0.1, 0.15) is 0 Å². The van der Waals surface area contributed by atoms with Crippen LogP contribution in [-0.4, -0.2) is 57.2 Å². The molecule has 1 aromatic carbocycles. The summed E-state index contributed by atoms with van der Waals surface area (Å²) in [7, 11) is 0. The molecule has 1 saturated carbocycles. The number of carbonyl (C=O) groups excluding carboxylic acids is 1. The molecular formula is C15H20ClN3O3S. The summed E-state index contributed by atoms with van der Waals surface area (Å²) in [4.78, 5) is 16.8. The minimum atomic E-state index is -2.16. The average Bonchev–Trinajstić information content (AvgIpc) is 3.31. The predicted octanol–water partition coefficient (Wildman–Crippen LogP) is 2.06. The molecule has 8 heteroatoms. The van der Waals surface area contributed by atoms with E-state index in [4.69, 9.17) is 16.2 Å². The maximum absolute atomic E-state index is 12.6.